The Morgan fingerprint density at radius 1 is 1.15 bits per heavy atom. The Hall–Kier alpha value is -1.64. The van der Waals surface area contributed by atoms with Gasteiger partial charge in [-0.1, -0.05) is 26.0 Å². The van der Waals surface area contributed by atoms with Crippen LogP contribution in [-0.4, -0.2) is 15.3 Å². The van der Waals surface area contributed by atoms with Crippen molar-refractivity contribution in [1.82, 2.24) is 9.55 Å². The first-order valence-electron chi connectivity index (χ1n) is 7.72. The van der Waals surface area contributed by atoms with Gasteiger partial charge in [0.2, 0.25) is 0 Å². The quantitative estimate of drug-likeness (QED) is 0.724. The molecule has 0 aliphatic heterocycles. The predicted molar refractivity (Wildman–Crippen MR) is 82.9 cm³/mol. The Balaban J connectivity index is 2.08. The maximum Gasteiger partial charge on any atom is 0.132 e. The minimum absolute atomic E-state index is 0.380. The number of nitrogens with zero attached hydrogens (tertiary/aromatic N) is 2. The van der Waals surface area contributed by atoms with E-state index in [1.165, 1.54) is 5.52 Å². The van der Waals surface area contributed by atoms with Crippen LogP contribution in [0.3, 0.4) is 0 Å². The van der Waals surface area contributed by atoms with Crippen molar-refractivity contribution < 1.29 is 4.79 Å². The molecule has 0 saturated carbocycles. The molecule has 1 aromatic heterocycles. The number of benzene rings is 1. The fourth-order valence-corrected chi connectivity index (χ4v) is 2.64. The molecule has 108 valence electrons. The van der Waals surface area contributed by atoms with Gasteiger partial charge in [0.05, 0.1) is 11.0 Å². The molecule has 0 spiro atoms. The van der Waals surface area contributed by atoms with Gasteiger partial charge >= 0.3 is 0 Å². The van der Waals surface area contributed by atoms with Crippen LogP contribution in [0.25, 0.3) is 11.0 Å². The number of carbonyl (C=O) groups excluding carboxylic acids is 1. The monoisotopic (exact) mass is 272 g/mol. The van der Waals surface area contributed by atoms with Crippen LogP contribution in [-0.2, 0) is 17.8 Å². The zero-order chi connectivity index (χ0) is 14.4. The van der Waals surface area contributed by atoms with Gasteiger partial charge in [-0.05, 0) is 31.4 Å². The molecule has 0 bridgehead atoms. The van der Waals surface area contributed by atoms with Crippen LogP contribution in [0.15, 0.2) is 24.3 Å². The Bertz CT molecular complexity index is 571. The molecule has 0 unspecified atom stereocenters. The van der Waals surface area contributed by atoms with Gasteiger partial charge in [0.15, 0.2) is 0 Å². The van der Waals surface area contributed by atoms with Crippen LogP contribution in [0.5, 0.6) is 0 Å². The van der Waals surface area contributed by atoms with Crippen molar-refractivity contribution in [3.8, 4) is 0 Å². The number of imidazole rings is 1. The minimum Gasteiger partial charge on any atom is -0.328 e. The third-order valence-electron chi connectivity index (χ3n) is 3.57. The van der Waals surface area contributed by atoms with E-state index in [1.54, 1.807) is 0 Å². The highest BCUT2D eigenvalue weighted by Gasteiger charge is 2.10. The van der Waals surface area contributed by atoms with E-state index in [4.69, 9.17) is 4.98 Å². The summed E-state index contributed by atoms with van der Waals surface area (Å²) in [7, 11) is 0. The number of rotatable bonds is 8. The fourth-order valence-electron chi connectivity index (χ4n) is 2.64. The summed E-state index contributed by atoms with van der Waals surface area (Å²) in [6.45, 7) is 5.24. The molecule has 0 fully saturated rings. The lowest BCUT2D eigenvalue weighted by Gasteiger charge is -2.07. The molecule has 1 heterocycles. The van der Waals surface area contributed by atoms with Gasteiger partial charge in [0.1, 0.15) is 11.6 Å². The lowest BCUT2D eigenvalue weighted by atomic mass is 10.1. The average molecular weight is 272 g/mol. The van der Waals surface area contributed by atoms with Crippen molar-refractivity contribution >= 4 is 16.8 Å². The number of ketones is 1. The first kappa shape index (κ1) is 14.8. The van der Waals surface area contributed by atoms with Gasteiger partial charge in [-0.2, -0.15) is 0 Å². The van der Waals surface area contributed by atoms with Gasteiger partial charge in [-0.25, -0.2) is 4.98 Å². The van der Waals surface area contributed by atoms with E-state index in [0.717, 1.165) is 43.6 Å². The molecule has 3 heteroatoms. The Morgan fingerprint density at radius 2 is 1.95 bits per heavy atom. The molecular formula is C17H24N2O. The first-order valence-corrected chi connectivity index (χ1v) is 7.72. The second-order valence-electron chi connectivity index (χ2n) is 5.31. The number of para-hydroxylation sites is 2. The minimum atomic E-state index is 0.380. The summed E-state index contributed by atoms with van der Waals surface area (Å²) in [4.78, 5) is 16.3. The molecular weight excluding hydrogens is 248 g/mol. The third kappa shape index (κ3) is 3.47. The molecule has 0 atom stereocenters. The second-order valence-corrected chi connectivity index (χ2v) is 5.31. The molecule has 0 radical (unpaired) electrons. The van der Waals surface area contributed by atoms with Crippen molar-refractivity contribution in [3.05, 3.63) is 30.1 Å². The molecule has 0 aliphatic rings. The van der Waals surface area contributed by atoms with Crippen LogP contribution in [0, 0.1) is 0 Å². The lowest BCUT2D eigenvalue weighted by molar-refractivity contribution is -0.119. The highest BCUT2D eigenvalue weighted by atomic mass is 16.1. The summed E-state index contributed by atoms with van der Waals surface area (Å²) >= 11 is 0. The molecule has 1 aromatic carbocycles. The molecule has 20 heavy (non-hydrogen) atoms. The Morgan fingerprint density at radius 3 is 2.70 bits per heavy atom. The third-order valence-corrected chi connectivity index (χ3v) is 3.57. The standard InChI is InChI=1S/C17H24N2O/c1-3-8-14(20)9-7-12-17-18-15-10-5-6-11-16(15)19(17)13-4-2/h5-6,10-11H,3-4,7-9,12-13H2,1-2H3. The van der Waals surface area contributed by atoms with Gasteiger partial charge in [-0.15, -0.1) is 0 Å². The van der Waals surface area contributed by atoms with Crippen molar-refractivity contribution in [2.24, 2.45) is 0 Å². The molecule has 0 saturated heterocycles. The van der Waals surface area contributed by atoms with E-state index >= 15 is 0 Å². The van der Waals surface area contributed by atoms with E-state index in [2.05, 4.69) is 36.6 Å². The number of aryl methyl sites for hydroxylation is 2. The predicted octanol–water partition coefficient (Wildman–Crippen LogP) is 4.14. The zero-order valence-corrected chi connectivity index (χ0v) is 12.6. The van der Waals surface area contributed by atoms with Crippen LogP contribution in [0.1, 0.15) is 51.8 Å². The van der Waals surface area contributed by atoms with Crippen LogP contribution < -0.4 is 0 Å². The maximum atomic E-state index is 11.6. The molecule has 2 rings (SSSR count). The molecule has 0 amide bonds. The zero-order valence-electron chi connectivity index (χ0n) is 12.6. The molecule has 2 aromatic rings. The number of aromatic nitrogens is 2. The summed E-state index contributed by atoms with van der Waals surface area (Å²) in [5, 5.41) is 0. The van der Waals surface area contributed by atoms with Crippen LogP contribution >= 0.6 is 0 Å². The second kappa shape index (κ2) is 7.22. The molecule has 0 aliphatic carbocycles. The van der Waals surface area contributed by atoms with E-state index in [-0.39, 0.29) is 0 Å². The highest BCUT2D eigenvalue weighted by Crippen LogP contribution is 2.18. The number of Topliss-reactive ketones (excluding diaryl/α,β-unsaturated/α-hetero) is 1. The van der Waals surface area contributed by atoms with E-state index in [1.807, 2.05) is 6.07 Å². The summed E-state index contributed by atoms with van der Waals surface area (Å²) in [5.41, 5.74) is 2.28. The highest BCUT2D eigenvalue weighted by molar-refractivity contribution is 5.78. The van der Waals surface area contributed by atoms with Gasteiger partial charge < -0.3 is 4.57 Å². The van der Waals surface area contributed by atoms with Crippen molar-refractivity contribution in [2.45, 2.75) is 58.9 Å². The summed E-state index contributed by atoms with van der Waals surface area (Å²) in [5.74, 6) is 1.50. The first-order chi connectivity index (χ1) is 9.76. The number of hydrogen-bond acceptors (Lipinski definition) is 2. The van der Waals surface area contributed by atoms with Gasteiger partial charge in [-0.3, -0.25) is 4.79 Å². The summed E-state index contributed by atoms with van der Waals surface area (Å²) in [6, 6.07) is 8.28. The maximum absolute atomic E-state index is 11.6. The number of hydrogen-bond donors (Lipinski definition) is 0. The fraction of sp³-hybridized carbons (Fsp3) is 0.529. The SMILES string of the molecule is CCCC(=O)CCCc1nc2ccccc2n1CCC. The van der Waals surface area contributed by atoms with E-state index in [9.17, 15) is 4.79 Å². The Kier molecular flexibility index (Phi) is 5.33. The largest absolute Gasteiger partial charge is 0.328 e. The summed E-state index contributed by atoms with van der Waals surface area (Å²) < 4.78 is 2.31. The molecule has 0 N–H and O–H groups in total. The van der Waals surface area contributed by atoms with E-state index < -0.39 is 0 Å². The smallest absolute Gasteiger partial charge is 0.132 e. The van der Waals surface area contributed by atoms with E-state index in [0.29, 0.717) is 18.6 Å². The van der Waals surface area contributed by atoms with Gasteiger partial charge in [0.25, 0.3) is 0 Å². The normalized spacial score (nSPS) is 11.1. The molecule has 3 nitrogen and oxygen atoms in total. The topological polar surface area (TPSA) is 34.9 Å². The average Bonchev–Trinajstić information content (AvgIpc) is 2.78. The van der Waals surface area contributed by atoms with Crippen LogP contribution in [0.4, 0.5) is 0 Å². The van der Waals surface area contributed by atoms with Gasteiger partial charge in [0, 0.05) is 25.8 Å². The number of fused-ring (bicyclic) bond motifs is 1. The van der Waals surface area contributed by atoms with Crippen molar-refractivity contribution in [2.75, 3.05) is 0 Å². The van der Waals surface area contributed by atoms with Crippen molar-refractivity contribution in [3.63, 3.8) is 0 Å². The number of carbonyl (C=O) groups is 1. The summed E-state index contributed by atoms with van der Waals surface area (Å²) in [6.07, 6.45) is 5.25. The van der Waals surface area contributed by atoms with Crippen molar-refractivity contribution in [1.29, 1.82) is 0 Å². The Labute approximate surface area is 121 Å². The lowest BCUT2D eigenvalue weighted by Crippen LogP contribution is -2.05. The van der Waals surface area contributed by atoms with Crippen LogP contribution in [0.2, 0.25) is 0 Å².